The summed E-state index contributed by atoms with van der Waals surface area (Å²) >= 11 is 0. The van der Waals surface area contributed by atoms with E-state index in [4.69, 9.17) is 4.52 Å². The number of nitrogens with zero attached hydrogens (tertiary/aromatic N) is 1. The summed E-state index contributed by atoms with van der Waals surface area (Å²) < 4.78 is 5.02. The van der Waals surface area contributed by atoms with Crippen molar-refractivity contribution in [3.8, 4) is 0 Å². The lowest BCUT2D eigenvalue weighted by atomic mass is 10.1. The second-order valence-corrected chi connectivity index (χ2v) is 3.39. The van der Waals surface area contributed by atoms with Crippen molar-refractivity contribution in [1.82, 2.24) is 5.16 Å². The molecule has 0 unspecified atom stereocenters. The van der Waals surface area contributed by atoms with Gasteiger partial charge < -0.3 is 9.84 Å². The third-order valence-electron chi connectivity index (χ3n) is 2.37. The summed E-state index contributed by atoms with van der Waals surface area (Å²) in [6.45, 7) is 6.21. The average Bonchev–Trinajstić information content (AvgIpc) is 2.74. The molecule has 13 heavy (non-hydrogen) atoms. The molecule has 0 bridgehead atoms. The summed E-state index contributed by atoms with van der Waals surface area (Å²) in [4.78, 5) is 0. The fourth-order valence-electron chi connectivity index (χ4n) is 1.12. The van der Waals surface area contributed by atoms with E-state index < -0.39 is 0 Å². The maximum absolute atomic E-state index is 5.02. The van der Waals surface area contributed by atoms with Gasteiger partial charge in [0.05, 0.1) is 5.69 Å². The van der Waals surface area contributed by atoms with E-state index in [1.54, 1.807) is 0 Å². The molecule has 0 saturated heterocycles. The van der Waals surface area contributed by atoms with Crippen LogP contribution < -0.4 is 5.32 Å². The van der Waals surface area contributed by atoms with E-state index in [9.17, 15) is 0 Å². The Bertz CT molecular complexity index is 264. The lowest BCUT2D eigenvalue weighted by Gasteiger charge is -1.98. The van der Waals surface area contributed by atoms with Gasteiger partial charge in [0.15, 0.2) is 0 Å². The smallest absolute Gasteiger partial charge is 0.224 e. The Kier molecular flexibility index (Phi) is 2.96. The summed E-state index contributed by atoms with van der Waals surface area (Å²) in [6.07, 6.45) is 2.48. The summed E-state index contributed by atoms with van der Waals surface area (Å²) in [5, 5.41) is 6.90. The van der Waals surface area contributed by atoms with Crippen molar-refractivity contribution >= 4 is 5.88 Å². The summed E-state index contributed by atoms with van der Waals surface area (Å²) in [5.74, 6) is 0.758. The molecule has 74 valence electrons. The minimum absolute atomic E-state index is 0.318. The van der Waals surface area contributed by atoms with Crippen LogP contribution in [0.2, 0.25) is 0 Å². The van der Waals surface area contributed by atoms with Crippen molar-refractivity contribution in [3.63, 3.8) is 0 Å². The normalized spacial score (nSPS) is 17.2. The van der Waals surface area contributed by atoms with Crippen molar-refractivity contribution in [1.29, 1.82) is 0 Å². The van der Waals surface area contributed by atoms with Crippen molar-refractivity contribution in [2.24, 2.45) is 0 Å². The Morgan fingerprint density at radius 3 is 2.46 bits per heavy atom. The minimum Gasteiger partial charge on any atom is -0.357 e. The maximum Gasteiger partial charge on any atom is 0.224 e. The van der Waals surface area contributed by atoms with Crippen LogP contribution in [0.1, 0.15) is 39.3 Å². The van der Waals surface area contributed by atoms with Crippen LogP contribution in [0, 0.1) is 0 Å². The number of aromatic nitrogens is 1. The van der Waals surface area contributed by atoms with Crippen LogP contribution in [0.5, 0.6) is 0 Å². The number of hydrogen-bond donors (Lipinski definition) is 1. The van der Waals surface area contributed by atoms with Gasteiger partial charge in [-0.1, -0.05) is 25.9 Å². The molecule has 0 spiro atoms. The largest absolute Gasteiger partial charge is 0.357 e. The van der Waals surface area contributed by atoms with Gasteiger partial charge in [-0.2, -0.15) is 0 Å². The van der Waals surface area contributed by atoms with E-state index in [2.05, 4.69) is 17.4 Å². The zero-order valence-corrected chi connectivity index (χ0v) is 8.85. The highest BCUT2D eigenvalue weighted by Crippen LogP contribution is 2.47. The molecule has 1 heterocycles. The van der Waals surface area contributed by atoms with Gasteiger partial charge >= 0.3 is 0 Å². The Hall–Kier alpha value is -0.990. The van der Waals surface area contributed by atoms with Gasteiger partial charge in [0, 0.05) is 18.5 Å². The molecule has 0 atom stereocenters. The van der Waals surface area contributed by atoms with Crippen molar-refractivity contribution in [2.45, 2.75) is 39.0 Å². The summed E-state index contributed by atoms with van der Waals surface area (Å²) in [5.41, 5.74) is 1.40. The number of nitrogens with one attached hydrogen (secondary N) is 1. The lowest BCUT2D eigenvalue weighted by molar-refractivity contribution is 0.418. The predicted molar refractivity (Wildman–Crippen MR) is 54.0 cm³/mol. The van der Waals surface area contributed by atoms with E-state index in [-0.39, 0.29) is 0 Å². The molecule has 1 aromatic rings. The zero-order chi connectivity index (χ0) is 9.90. The Balaban J connectivity index is 0.000000396. The van der Waals surface area contributed by atoms with E-state index in [0.717, 1.165) is 11.6 Å². The van der Waals surface area contributed by atoms with Crippen molar-refractivity contribution in [3.05, 3.63) is 11.8 Å². The first-order chi connectivity index (χ1) is 6.24. The van der Waals surface area contributed by atoms with Gasteiger partial charge in [-0.25, -0.2) is 0 Å². The molecular weight excluding hydrogens is 164 g/mol. The molecule has 1 aliphatic carbocycles. The van der Waals surface area contributed by atoms with Crippen molar-refractivity contribution in [2.75, 3.05) is 12.4 Å². The Morgan fingerprint density at radius 1 is 1.46 bits per heavy atom. The van der Waals surface area contributed by atoms with Crippen LogP contribution >= 0.6 is 0 Å². The van der Waals surface area contributed by atoms with Crippen LogP contribution in [0.4, 0.5) is 5.88 Å². The van der Waals surface area contributed by atoms with Gasteiger partial charge in [-0.3, -0.25) is 0 Å². The standard InChI is InChI=1S/C8H12N2O.C2H6/c1-8(3-4-8)6-5-7(9-2)11-10-6;1-2/h5,9H,3-4H2,1-2H3;1-2H3. The molecule has 2 rings (SSSR count). The zero-order valence-electron chi connectivity index (χ0n) is 8.85. The highest BCUT2D eigenvalue weighted by molar-refractivity contribution is 5.35. The van der Waals surface area contributed by atoms with Crippen LogP contribution in [0.15, 0.2) is 10.6 Å². The summed E-state index contributed by atoms with van der Waals surface area (Å²) in [6, 6.07) is 1.98. The fraction of sp³-hybridized carbons (Fsp3) is 0.700. The first-order valence-electron chi connectivity index (χ1n) is 4.89. The topological polar surface area (TPSA) is 38.1 Å². The van der Waals surface area contributed by atoms with Crippen LogP contribution in [0.3, 0.4) is 0 Å². The van der Waals surface area contributed by atoms with Crippen LogP contribution in [-0.4, -0.2) is 12.2 Å². The molecule has 0 aromatic carbocycles. The third kappa shape index (κ3) is 2.02. The number of hydrogen-bond acceptors (Lipinski definition) is 3. The molecule has 1 aromatic heterocycles. The second kappa shape index (κ2) is 3.81. The molecule has 0 radical (unpaired) electrons. The van der Waals surface area contributed by atoms with E-state index in [1.165, 1.54) is 12.8 Å². The maximum atomic E-state index is 5.02. The molecule has 0 amide bonds. The highest BCUT2D eigenvalue weighted by atomic mass is 16.5. The van der Waals surface area contributed by atoms with E-state index >= 15 is 0 Å². The van der Waals surface area contributed by atoms with Crippen LogP contribution in [0.25, 0.3) is 0 Å². The molecule has 0 aliphatic heterocycles. The van der Waals surface area contributed by atoms with Gasteiger partial charge in [-0.15, -0.1) is 0 Å². The van der Waals surface area contributed by atoms with Gasteiger partial charge in [-0.05, 0) is 12.8 Å². The number of anilines is 1. The van der Waals surface area contributed by atoms with Gasteiger partial charge in [0.1, 0.15) is 0 Å². The fourth-order valence-corrected chi connectivity index (χ4v) is 1.12. The first kappa shape index (κ1) is 10.1. The van der Waals surface area contributed by atoms with Crippen LogP contribution in [-0.2, 0) is 5.41 Å². The molecular formula is C10H18N2O. The molecule has 3 heteroatoms. The summed E-state index contributed by atoms with van der Waals surface area (Å²) in [7, 11) is 1.83. The highest BCUT2D eigenvalue weighted by Gasteiger charge is 2.41. The Morgan fingerprint density at radius 2 is 2.08 bits per heavy atom. The quantitative estimate of drug-likeness (QED) is 0.764. The molecule has 1 aliphatic rings. The average molecular weight is 182 g/mol. The molecule has 1 fully saturated rings. The van der Waals surface area contributed by atoms with E-state index in [0.29, 0.717) is 5.41 Å². The third-order valence-corrected chi connectivity index (χ3v) is 2.37. The molecule has 3 nitrogen and oxygen atoms in total. The predicted octanol–water partition coefficient (Wildman–Crippen LogP) is 2.79. The van der Waals surface area contributed by atoms with Gasteiger partial charge in [0.2, 0.25) is 5.88 Å². The number of rotatable bonds is 2. The monoisotopic (exact) mass is 182 g/mol. The first-order valence-corrected chi connectivity index (χ1v) is 4.89. The molecule has 1 N–H and O–H groups in total. The van der Waals surface area contributed by atoms with E-state index in [1.807, 2.05) is 27.0 Å². The minimum atomic E-state index is 0.318. The second-order valence-electron chi connectivity index (χ2n) is 3.39. The molecule has 1 saturated carbocycles. The Labute approximate surface area is 79.5 Å². The van der Waals surface area contributed by atoms with Gasteiger partial charge in [0.25, 0.3) is 0 Å². The lowest BCUT2D eigenvalue weighted by Crippen LogP contribution is -1.98. The SMILES string of the molecule is CC.CNc1cc(C2(C)CC2)no1. The van der Waals surface area contributed by atoms with Crippen molar-refractivity contribution < 1.29 is 4.52 Å².